The molecule has 153 valence electrons. The van der Waals surface area contributed by atoms with Crippen molar-refractivity contribution in [1.29, 1.82) is 0 Å². The molecule has 0 fully saturated rings. The Balaban J connectivity index is 2.44. The van der Waals surface area contributed by atoms with Gasteiger partial charge in [0, 0.05) is 18.2 Å². The predicted molar refractivity (Wildman–Crippen MR) is 95.1 cm³/mol. The van der Waals surface area contributed by atoms with Crippen LogP contribution in [-0.4, -0.2) is 42.3 Å². The van der Waals surface area contributed by atoms with Gasteiger partial charge in [0.25, 0.3) is 6.02 Å². The number of aliphatic imine (C=N–C) groups is 1. The van der Waals surface area contributed by atoms with Crippen molar-refractivity contribution in [2.45, 2.75) is 64.4 Å². The molecule has 0 saturated carbocycles. The number of carbonyl (C=O) groups excluding carboxylic acids is 1. The first-order valence-electron chi connectivity index (χ1n) is 8.52. The van der Waals surface area contributed by atoms with Crippen LogP contribution < -0.4 is 10.8 Å². The monoisotopic (exact) mass is 402 g/mol. The SMILES string of the molecule is C[B]c1cnc(F)c([C@]2(C)C[C@@H](C(F)(F)F)OC(NC(=O)OC(C)(C)C)=N2)c1. The third-order valence-corrected chi connectivity index (χ3v) is 3.93. The first kappa shape index (κ1) is 22.0. The Bertz CT molecular complexity index is 780. The highest BCUT2D eigenvalue weighted by Crippen LogP contribution is 2.40. The zero-order valence-corrected chi connectivity index (χ0v) is 16.1. The molecule has 0 spiro atoms. The third-order valence-electron chi connectivity index (χ3n) is 3.93. The van der Waals surface area contributed by atoms with E-state index in [2.05, 4.69) is 15.3 Å². The van der Waals surface area contributed by atoms with Crippen LogP contribution in [0.25, 0.3) is 0 Å². The minimum atomic E-state index is -4.75. The van der Waals surface area contributed by atoms with Gasteiger partial charge in [-0.3, -0.25) is 0 Å². The van der Waals surface area contributed by atoms with Gasteiger partial charge in [-0.25, -0.2) is 20.1 Å². The van der Waals surface area contributed by atoms with E-state index in [-0.39, 0.29) is 5.56 Å². The van der Waals surface area contributed by atoms with Crippen LogP contribution in [0.5, 0.6) is 0 Å². The topological polar surface area (TPSA) is 72.8 Å². The summed E-state index contributed by atoms with van der Waals surface area (Å²) < 4.78 is 64.3. The number of rotatable bonds is 2. The van der Waals surface area contributed by atoms with Crippen LogP contribution in [0.3, 0.4) is 0 Å². The number of halogens is 4. The molecule has 11 heteroatoms. The molecule has 2 atom stereocenters. The lowest BCUT2D eigenvalue weighted by Crippen LogP contribution is -2.49. The molecule has 1 N–H and O–H groups in total. The zero-order valence-electron chi connectivity index (χ0n) is 16.1. The Morgan fingerprint density at radius 1 is 1.39 bits per heavy atom. The fourth-order valence-electron chi connectivity index (χ4n) is 2.63. The number of carbonyl (C=O) groups is 1. The lowest BCUT2D eigenvalue weighted by molar-refractivity contribution is -0.208. The van der Waals surface area contributed by atoms with Crippen molar-refractivity contribution in [2.24, 2.45) is 4.99 Å². The number of hydrogen-bond acceptors (Lipinski definition) is 5. The number of alkyl halides is 3. The van der Waals surface area contributed by atoms with E-state index in [0.717, 1.165) is 0 Å². The number of aromatic nitrogens is 1. The molecular formula is C17H21BF4N3O3. The molecule has 0 aromatic carbocycles. The number of pyridine rings is 1. The number of hydrogen-bond donors (Lipinski definition) is 1. The first-order chi connectivity index (χ1) is 12.7. The van der Waals surface area contributed by atoms with E-state index in [1.165, 1.54) is 19.2 Å². The van der Waals surface area contributed by atoms with Crippen LogP contribution in [0.15, 0.2) is 17.3 Å². The average molecular weight is 402 g/mol. The standard InChI is InChI=1S/C17H21BF4N3O3/c1-15(2,3)28-14(26)24-13-25-16(4,7-11(27-13)17(20,21)22)10-6-9(18-5)8-23-12(10)19/h6,8,11H,7H2,1-5H3,(H,24,25,26)/t11-,16-/m0/s1. The molecule has 0 aliphatic carbocycles. The van der Waals surface area contributed by atoms with Crippen molar-refractivity contribution in [3.8, 4) is 0 Å². The van der Waals surface area contributed by atoms with Crippen molar-refractivity contribution in [1.82, 2.24) is 10.3 Å². The van der Waals surface area contributed by atoms with Crippen LogP contribution >= 0.6 is 0 Å². The minimum absolute atomic E-state index is 0.135. The van der Waals surface area contributed by atoms with Crippen molar-refractivity contribution < 1.29 is 31.8 Å². The van der Waals surface area contributed by atoms with Gasteiger partial charge in [-0.1, -0.05) is 18.4 Å². The number of nitrogens with one attached hydrogen (secondary N) is 1. The van der Waals surface area contributed by atoms with Crippen LogP contribution in [-0.2, 0) is 15.0 Å². The summed E-state index contributed by atoms with van der Waals surface area (Å²) in [6.07, 6.45) is -7.51. The van der Waals surface area contributed by atoms with Gasteiger partial charge in [0.1, 0.15) is 12.9 Å². The molecular weight excluding hydrogens is 381 g/mol. The number of nitrogens with zero attached hydrogens (tertiary/aromatic N) is 2. The Morgan fingerprint density at radius 3 is 2.57 bits per heavy atom. The molecule has 0 saturated heterocycles. The molecule has 1 aliphatic rings. The van der Waals surface area contributed by atoms with E-state index < -0.39 is 47.9 Å². The quantitative estimate of drug-likeness (QED) is 0.469. The van der Waals surface area contributed by atoms with E-state index in [0.29, 0.717) is 5.46 Å². The first-order valence-corrected chi connectivity index (χ1v) is 8.52. The minimum Gasteiger partial charge on any atom is -0.452 e. The predicted octanol–water partition coefficient (Wildman–Crippen LogP) is 3.05. The van der Waals surface area contributed by atoms with Crippen LogP contribution in [0.1, 0.15) is 39.7 Å². The second-order valence-electron chi connectivity index (χ2n) is 7.57. The molecule has 0 bridgehead atoms. The molecule has 28 heavy (non-hydrogen) atoms. The summed E-state index contributed by atoms with van der Waals surface area (Å²) >= 11 is 0. The zero-order chi connectivity index (χ0) is 21.3. The third kappa shape index (κ3) is 5.36. The van der Waals surface area contributed by atoms with Crippen molar-refractivity contribution in [3.05, 3.63) is 23.8 Å². The van der Waals surface area contributed by atoms with E-state index in [1.807, 2.05) is 0 Å². The molecule has 1 aliphatic heterocycles. The van der Waals surface area contributed by atoms with Crippen LogP contribution in [0.4, 0.5) is 22.4 Å². The van der Waals surface area contributed by atoms with Crippen LogP contribution in [0, 0.1) is 5.95 Å². The molecule has 2 rings (SSSR count). The second-order valence-corrected chi connectivity index (χ2v) is 7.57. The number of ether oxygens (including phenoxy) is 2. The highest BCUT2D eigenvalue weighted by atomic mass is 19.4. The normalized spacial score (nSPS) is 22.8. The lowest BCUT2D eigenvalue weighted by atomic mass is 9.72. The van der Waals surface area contributed by atoms with E-state index in [4.69, 9.17) is 9.47 Å². The van der Waals surface area contributed by atoms with E-state index in [9.17, 15) is 22.4 Å². The number of amidine groups is 1. The van der Waals surface area contributed by atoms with Crippen molar-refractivity contribution in [2.75, 3.05) is 0 Å². The van der Waals surface area contributed by atoms with Gasteiger partial charge in [0.15, 0.2) is 6.10 Å². The van der Waals surface area contributed by atoms with Gasteiger partial charge in [0.2, 0.25) is 5.95 Å². The fourth-order valence-corrected chi connectivity index (χ4v) is 2.63. The van der Waals surface area contributed by atoms with Gasteiger partial charge in [0.05, 0.1) is 5.54 Å². The highest BCUT2D eigenvalue weighted by molar-refractivity contribution is 6.51. The van der Waals surface area contributed by atoms with Gasteiger partial charge >= 0.3 is 12.3 Å². The van der Waals surface area contributed by atoms with Crippen molar-refractivity contribution in [3.63, 3.8) is 0 Å². The molecule has 6 nitrogen and oxygen atoms in total. The highest BCUT2D eigenvalue weighted by Gasteiger charge is 2.50. The van der Waals surface area contributed by atoms with Gasteiger partial charge in [-0.05, 0) is 27.7 Å². The number of amides is 1. The molecule has 1 amide bonds. The summed E-state index contributed by atoms with van der Waals surface area (Å²) in [5.41, 5.74) is -2.17. The molecule has 1 aromatic rings. The maximum atomic E-state index is 14.3. The Hall–Kier alpha value is -2.33. The average Bonchev–Trinajstić information content (AvgIpc) is 2.52. The molecule has 0 unspecified atom stereocenters. The fraction of sp³-hybridized carbons (Fsp3) is 0.588. The van der Waals surface area contributed by atoms with Gasteiger partial charge in [-0.2, -0.15) is 17.6 Å². The summed E-state index contributed by atoms with van der Waals surface area (Å²) in [6.45, 7) is 7.78. The maximum Gasteiger partial charge on any atom is 0.425 e. The summed E-state index contributed by atoms with van der Waals surface area (Å²) in [5, 5.41) is 2.07. The van der Waals surface area contributed by atoms with Gasteiger partial charge < -0.3 is 9.47 Å². The Morgan fingerprint density at radius 2 is 2.04 bits per heavy atom. The summed E-state index contributed by atoms with van der Waals surface area (Å²) in [7, 11) is 1.63. The van der Waals surface area contributed by atoms with E-state index in [1.54, 1.807) is 34.9 Å². The van der Waals surface area contributed by atoms with E-state index >= 15 is 0 Å². The van der Waals surface area contributed by atoms with Gasteiger partial charge in [-0.15, -0.1) is 0 Å². The maximum absolute atomic E-state index is 14.3. The molecule has 1 aromatic heterocycles. The summed E-state index contributed by atoms with van der Waals surface area (Å²) in [4.78, 5) is 19.6. The molecule has 2 heterocycles. The molecule has 1 radical (unpaired) electrons. The lowest BCUT2D eigenvalue weighted by Gasteiger charge is -2.36. The Kier molecular flexibility index (Phi) is 5.96. The summed E-state index contributed by atoms with van der Waals surface area (Å²) in [6, 6.07) is 0.672. The smallest absolute Gasteiger partial charge is 0.425 e. The largest absolute Gasteiger partial charge is 0.452 e. The number of alkyl carbamates (subject to hydrolysis) is 1. The van der Waals surface area contributed by atoms with Crippen LogP contribution in [0.2, 0.25) is 6.82 Å². The Labute approximate surface area is 161 Å². The summed E-state index contributed by atoms with van der Waals surface area (Å²) in [5.74, 6) is -0.948. The second kappa shape index (κ2) is 7.59. The van der Waals surface area contributed by atoms with Crippen molar-refractivity contribution >= 4 is 24.9 Å².